The number of amides is 1. The summed E-state index contributed by atoms with van der Waals surface area (Å²) in [7, 11) is 1.59. The standard InChI is InChI=1S/C25H20Cl2N2O3/c1-16-11-12-17-7-6-10-22(24(17)28-16)31-15-19-20(26)13-14-21(23(19)27)29(2)25(30)32-18-8-4-3-5-9-18/h3-14H,15H2,1-2H3. The molecule has 0 radical (unpaired) electrons. The lowest BCUT2D eigenvalue weighted by atomic mass is 10.1. The topological polar surface area (TPSA) is 51.7 Å². The SMILES string of the molecule is Cc1ccc2cccc(OCc3c(Cl)ccc(N(C)C(=O)Oc4ccccc4)c3Cl)c2n1. The summed E-state index contributed by atoms with van der Waals surface area (Å²) in [6.07, 6.45) is -0.569. The van der Waals surface area contributed by atoms with Crippen LogP contribution in [0.4, 0.5) is 10.5 Å². The lowest BCUT2D eigenvalue weighted by Gasteiger charge is -2.20. The highest BCUT2D eigenvalue weighted by atomic mass is 35.5. The van der Waals surface area contributed by atoms with Gasteiger partial charge in [0.25, 0.3) is 0 Å². The van der Waals surface area contributed by atoms with Crippen LogP contribution in [0.3, 0.4) is 0 Å². The molecular formula is C25H20Cl2N2O3. The van der Waals surface area contributed by atoms with Crippen molar-refractivity contribution in [2.24, 2.45) is 0 Å². The van der Waals surface area contributed by atoms with Gasteiger partial charge >= 0.3 is 6.09 Å². The third-order valence-electron chi connectivity index (χ3n) is 4.94. The van der Waals surface area contributed by atoms with Gasteiger partial charge in [0.2, 0.25) is 0 Å². The molecule has 0 fully saturated rings. The van der Waals surface area contributed by atoms with Crippen LogP contribution in [0.5, 0.6) is 11.5 Å². The lowest BCUT2D eigenvalue weighted by Crippen LogP contribution is -2.29. The number of hydrogen-bond acceptors (Lipinski definition) is 4. The van der Waals surface area contributed by atoms with Crippen LogP contribution in [0.15, 0.2) is 72.8 Å². The average molecular weight is 467 g/mol. The van der Waals surface area contributed by atoms with Crippen LogP contribution in [-0.4, -0.2) is 18.1 Å². The van der Waals surface area contributed by atoms with Gasteiger partial charge in [0.15, 0.2) is 0 Å². The fourth-order valence-electron chi connectivity index (χ4n) is 3.22. The van der Waals surface area contributed by atoms with Gasteiger partial charge in [-0.25, -0.2) is 9.78 Å². The number of rotatable bonds is 5. The van der Waals surface area contributed by atoms with E-state index in [-0.39, 0.29) is 6.61 Å². The summed E-state index contributed by atoms with van der Waals surface area (Å²) < 4.78 is 11.4. The van der Waals surface area contributed by atoms with Crippen molar-refractivity contribution in [1.29, 1.82) is 0 Å². The van der Waals surface area contributed by atoms with Crippen molar-refractivity contribution < 1.29 is 14.3 Å². The summed E-state index contributed by atoms with van der Waals surface area (Å²) in [5.74, 6) is 1.07. The van der Waals surface area contributed by atoms with Crippen molar-refractivity contribution in [1.82, 2.24) is 4.98 Å². The molecule has 7 heteroatoms. The summed E-state index contributed by atoms with van der Waals surface area (Å²) in [5.41, 5.74) is 2.68. The maximum Gasteiger partial charge on any atom is 0.419 e. The second-order valence-corrected chi connectivity index (χ2v) is 7.95. The van der Waals surface area contributed by atoms with Gasteiger partial charge in [0.1, 0.15) is 23.6 Å². The first-order valence-corrected chi connectivity index (χ1v) is 10.7. The highest BCUT2D eigenvalue weighted by Crippen LogP contribution is 2.35. The second kappa shape index (κ2) is 9.47. The number of pyridine rings is 1. The van der Waals surface area contributed by atoms with Crippen LogP contribution >= 0.6 is 23.2 Å². The van der Waals surface area contributed by atoms with E-state index in [0.717, 1.165) is 16.6 Å². The van der Waals surface area contributed by atoms with E-state index in [1.807, 2.05) is 43.3 Å². The van der Waals surface area contributed by atoms with E-state index in [0.29, 0.717) is 32.8 Å². The summed E-state index contributed by atoms with van der Waals surface area (Å²) >= 11 is 13.0. The number of para-hydroxylation sites is 2. The number of hydrogen-bond donors (Lipinski definition) is 0. The Morgan fingerprint density at radius 2 is 1.75 bits per heavy atom. The Kier molecular flexibility index (Phi) is 6.49. The van der Waals surface area contributed by atoms with Crippen molar-refractivity contribution in [2.75, 3.05) is 11.9 Å². The molecule has 0 atom stereocenters. The first-order chi connectivity index (χ1) is 15.4. The molecule has 1 heterocycles. The number of fused-ring (bicyclic) bond motifs is 1. The zero-order valence-electron chi connectivity index (χ0n) is 17.5. The van der Waals surface area contributed by atoms with Crippen LogP contribution < -0.4 is 14.4 Å². The zero-order chi connectivity index (χ0) is 22.7. The quantitative estimate of drug-likeness (QED) is 0.315. The molecule has 0 aliphatic rings. The van der Waals surface area contributed by atoms with Gasteiger partial charge in [-0.2, -0.15) is 0 Å². The number of halogens is 2. The maximum absolute atomic E-state index is 12.6. The summed E-state index contributed by atoms with van der Waals surface area (Å²) in [5, 5.41) is 1.73. The summed E-state index contributed by atoms with van der Waals surface area (Å²) in [6.45, 7) is 2.04. The maximum atomic E-state index is 12.6. The van der Waals surface area contributed by atoms with Gasteiger partial charge in [0.05, 0.1) is 10.7 Å². The molecule has 32 heavy (non-hydrogen) atoms. The van der Waals surface area contributed by atoms with E-state index < -0.39 is 6.09 Å². The number of carbonyl (C=O) groups is 1. The molecule has 0 N–H and O–H groups in total. The fourth-order valence-corrected chi connectivity index (χ4v) is 3.82. The van der Waals surface area contributed by atoms with E-state index in [2.05, 4.69) is 4.98 Å². The minimum Gasteiger partial charge on any atom is -0.487 e. The highest BCUT2D eigenvalue weighted by molar-refractivity contribution is 6.38. The predicted molar refractivity (Wildman–Crippen MR) is 128 cm³/mol. The van der Waals surface area contributed by atoms with Gasteiger partial charge in [-0.15, -0.1) is 0 Å². The summed E-state index contributed by atoms with van der Waals surface area (Å²) in [6, 6.07) is 21.9. The van der Waals surface area contributed by atoms with Crippen molar-refractivity contribution >= 4 is 45.9 Å². The number of ether oxygens (including phenoxy) is 2. The number of aryl methyl sites for hydroxylation is 1. The van der Waals surface area contributed by atoms with Gasteiger partial charge in [0, 0.05) is 28.7 Å². The van der Waals surface area contributed by atoms with Gasteiger partial charge in [-0.05, 0) is 43.3 Å². The molecule has 5 nitrogen and oxygen atoms in total. The third-order valence-corrected chi connectivity index (χ3v) is 5.72. The van der Waals surface area contributed by atoms with E-state index >= 15 is 0 Å². The van der Waals surface area contributed by atoms with Crippen LogP contribution in [0, 0.1) is 6.92 Å². The van der Waals surface area contributed by atoms with Crippen LogP contribution in [0.25, 0.3) is 10.9 Å². The van der Waals surface area contributed by atoms with E-state index in [1.165, 1.54) is 4.90 Å². The molecule has 0 bridgehead atoms. The first kappa shape index (κ1) is 21.9. The predicted octanol–water partition coefficient (Wildman–Crippen LogP) is 7.06. The molecule has 1 aromatic heterocycles. The molecule has 0 aliphatic heterocycles. The van der Waals surface area contributed by atoms with Crippen LogP contribution in [0.2, 0.25) is 10.0 Å². The molecule has 1 amide bonds. The number of aromatic nitrogens is 1. The van der Waals surface area contributed by atoms with Crippen LogP contribution in [-0.2, 0) is 6.61 Å². The van der Waals surface area contributed by atoms with E-state index in [9.17, 15) is 4.79 Å². The van der Waals surface area contributed by atoms with E-state index in [4.69, 9.17) is 32.7 Å². The normalized spacial score (nSPS) is 10.8. The molecule has 4 aromatic rings. The molecule has 3 aromatic carbocycles. The number of carbonyl (C=O) groups excluding carboxylic acids is 1. The molecule has 0 saturated heterocycles. The molecular weight excluding hydrogens is 447 g/mol. The van der Waals surface area contributed by atoms with Crippen molar-refractivity contribution in [3.63, 3.8) is 0 Å². The summed E-state index contributed by atoms with van der Waals surface area (Å²) in [4.78, 5) is 18.5. The van der Waals surface area contributed by atoms with Crippen molar-refractivity contribution in [3.05, 3.63) is 94.1 Å². The highest BCUT2D eigenvalue weighted by Gasteiger charge is 2.20. The fraction of sp³-hybridized carbons (Fsp3) is 0.120. The third kappa shape index (κ3) is 4.64. The van der Waals surface area contributed by atoms with E-state index in [1.54, 1.807) is 43.4 Å². The van der Waals surface area contributed by atoms with Crippen LogP contribution in [0.1, 0.15) is 11.3 Å². The van der Waals surface area contributed by atoms with Crippen molar-refractivity contribution in [2.45, 2.75) is 13.5 Å². The van der Waals surface area contributed by atoms with Crippen molar-refractivity contribution in [3.8, 4) is 11.5 Å². The number of benzene rings is 3. The Morgan fingerprint density at radius 1 is 0.969 bits per heavy atom. The zero-order valence-corrected chi connectivity index (χ0v) is 19.0. The van der Waals surface area contributed by atoms with Gasteiger partial charge < -0.3 is 9.47 Å². The molecule has 4 rings (SSSR count). The van der Waals surface area contributed by atoms with Gasteiger partial charge in [-0.3, -0.25) is 4.90 Å². The molecule has 0 unspecified atom stereocenters. The Balaban J connectivity index is 1.57. The molecule has 162 valence electrons. The Hall–Kier alpha value is -3.28. The minimum atomic E-state index is -0.569. The number of nitrogens with zero attached hydrogens (tertiary/aromatic N) is 2. The largest absolute Gasteiger partial charge is 0.487 e. The molecule has 0 saturated carbocycles. The average Bonchev–Trinajstić information content (AvgIpc) is 2.79. The molecule has 0 aliphatic carbocycles. The lowest BCUT2D eigenvalue weighted by molar-refractivity contribution is 0.209. The monoisotopic (exact) mass is 466 g/mol. The molecule has 0 spiro atoms. The smallest absolute Gasteiger partial charge is 0.419 e. The number of anilines is 1. The Labute approximate surface area is 196 Å². The Morgan fingerprint density at radius 3 is 2.53 bits per heavy atom. The second-order valence-electron chi connectivity index (χ2n) is 7.17. The minimum absolute atomic E-state index is 0.113. The van der Waals surface area contributed by atoms with Gasteiger partial charge in [-0.1, -0.05) is 59.6 Å². The first-order valence-electron chi connectivity index (χ1n) is 9.90. The Bertz CT molecular complexity index is 1280.